The summed E-state index contributed by atoms with van der Waals surface area (Å²) >= 11 is 0. The average Bonchev–Trinajstić information content (AvgIpc) is 2.95. The third-order valence-corrected chi connectivity index (χ3v) is 4.02. The molecule has 1 aromatic heterocycles. The predicted molar refractivity (Wildman–Crippen MR) is 87.0 cm³/mol. The SMILES string of the molecule is Cc1nc(C(=O)N2CC[C@@](O)(COc3ccc(F)cc3)C2)cc(=O)[nH]1. The van der Waals surface area contributed by atoms with E-state index >= 15 is 0 Å². The highest BCUT2D eigenvalue weighted by Crippen LogP contribution is 2.24. The second kappa shape index (κ2) is 6.64. The van der Waals surface area contributed by atoms with Crippen LogP contribution in [-0.2, 0) is 0 Å². The number of benzene rings is 1. The number of halogens is 1. The molecule has 0 spiro atoms. The highest BCUT2D eigenvalue weighted by Gasteiger charge is 2.39. The van der Waals surface area contributed by atoms with Gasteiger partial charge in [0, 0.05) is 12.6 Å². The zero-order valence-corrected chi connectivity index (χ0v) is 13.7. The van der Waals surface area contributed by atoms with Crippen molar-refractivity contribution in [2.75, 3.05) is 19.7 Å². The molecule has 2 N–H and O–H groups in total. The Hall–Kier alpha value is -2.74. The Morgan fingerprint density at radius 1 is 1.44 bits per heavy atom. The lowest BCUT2D eigenvalue weighted by Gasteiger charge is -2.23. The number of hydrogen-bond donors (Lipinski definition) is 2. The van der Waals surface area contributed by atoms with Crippen molar-refractivity contribution < 1.29 is 19.0 Å². The molecule has 8 heteroatoms. The third-order valence-electron chi connectivity index (χ3n) is 4.02. The van der Waals surface area contributed by atoms with E-state index in [0.717, 1.165) is 6.07 Å². The van der Waals surface area contributed by atoms with Crippen LogP contribution in [0.1, 0.15) is 22.7 Å². The minimum Gasteiger partial charge on any atom is -0.491 e. The zero-order valence-electron chi connectivity index (χ0n) is 13.7. The van der Waals surface area contributed by atoms with Crippen LogP contribution < -0.4 is 10.3 Å². The predicted octanol–water partition coefficient (Wildman–Crippen LogP) is 0.873. The van der Waals surface area contributed by atoms with Crippen LogP contribution in [0.3, 0.4) is 0 Å². The highest BCUT2D eigenvalue weighted by atomic mass is 19.1. The smallest absolute Gasteiger partial charge is 0.272 e. The number of H-pyrrole nitrogens is 1. The van der Waals surface area contributed by atoms with Crippen molar-refractivity contribution in [1.82, 2.24) is 14.9 Å². The molecule has 1 amide bonds. The van der Waals surface area contributed by atoms with Crippen molar-refractivity contribution in [3.63, 3.8) is 0 Å². The number of aromatic amines is 1. The molecule has 0 bridgehead atoms. The largest absolute Gasteiger partial charge is 0.491 e. The van der Waals surface area contributed by atoms with Crippen LogP contribution in [0.25, 0.3) is 0 Å². The maximum atomic E-state index is 12.9. The summed E-state index contributed by atoms with van der Waals surface area (Å²) in [5.41, 5.74) is -1.56. The van der Waals surface area contributed by atoms with Gasteiger partial charge in [0.2, 0.25) is 0 Å². The van der Waals surface area contributed by atoms with E-state index in [1.54, 1.807) is 6.92 Å². The minimum absolute atomic E-state index is 0.0236. The number of carbonyl (C=O) groups excluding carboxylic acids is 1. The van der Waals surface area contributed by atoms with Gasteiger partial charge in [-0.2, -0.15) is 0 Å². The van der Waals surface area contributed by atoms with E-state index in [9.17, 15) is 19.1 Å². The van der Waals surface area contributed by atoms with Crippen LogP contribution in [0, 0.1) is 12.7 Å². The second-order valence-corrected chi connectivity index (χ2v) is 6.16. The summed E-state index contributed by atoms with van der Waals surface area (Å²) in [7, 11) is 0. The molecule has 25 heavy (non-hydrogen) atoms. The van der Waals surface area contributed by atoms with Crippen LogP contribution in [-0.4, -0.2) is 51.2 Å². The van der Waals surface area contributed by atoms with E-state index in [-0.39, 0.29) is 24.7 Å². The third kappa shape index (κ3) is 4.03. The van der Waals surface area contributed by atoms with Gasteiger partial charge in [0.25, 0.3) is 11.5 Å². The molecule has 0 unspecified atom stereocenters. The summed E-state index contributed by atoms with van der Waals surface area (Å²) in [5.74, 6) is 0.00712. The lowest BCUT2D eigenvalue weighted by Crippen LogP contribution is -2.41. The summed E-state index contributed by atoms with van der Waals surface area (Å²) in [6.45, 7) is 1.97. The Morgan fingerprint density at radius 3 is 2.84 bits per heavy atom. The number of nitrogens with zero attached hydrogens (tertiary/aromatic N) is 2. The van der Waals surface area contributed by atoms with Crippen molar-refractivity contribution in [3.8, 4) is 5.75 Å². The van der Waals surface area contributed by atoms with Crippen LogP contribution in [0.15, 0.2) is 35.1 Å². The molecule has 1 aliphatic rings. The molecule has 132 valence electrons. The Morgan fingerprint density at radius 2 is 2.16 bits per heavy atom. The molecule has 2 heterocycles. The Balaban J connectivity index is 1.64. The maximum absolute atomic E-state index is 12.9. The molecular weight excluding hydrogens is 329 g/mol. The summed E-state index contributed by atoms with van der Waals surface area (Å²) in [4.78, 5) is 31.9. The standard InChI is InChI=1S/C17H18FN3O4/c1-11-19-14(8-15(22)20-11)16(23)21-7-6-17(24,9-21)10-25-13-4-2-12(18)3-5-13/h2-5,8,24H,6-7,9-10H2,1H3,(H,19,20,22)/t17-/m0/s1. The van der Waals surface area contributed by atoms with Crippen molar-refractivity contribution in [2.24, 2.45) is 0 Å². The van der Waals surface area contributed by atoms with Gasteiger partial charge < -0.3 is 19.7 Å². The van der Waals surface area contributed by atoms with E-state index in [4.69, 9.17) is 4.74 Å². The van der Waals surface area contributed by atoms with Crippen LogP contribution in [0.5, 0.6) is 5.75 Å². The van der Waals surface area contributed by atoms with E-state index in [1.165, 1.54) is 29.2 Å². The number of β-amino-alcohol motifs (C(OH)–C–C–N with tert-alkyl or cyclic N) is 1. The fourth-order valence-corrected chi connectivity index (χ4v) is 2.75. The van der Waals surface area contributed by atoms with Crippen molar-refractivity contribution in [2.45, 2.75) is 18.9 Å². The van der Waals surface area contributed by atoms with Crippen molar-refractivity contribution >= 4 is 5.91 Å². The number of ether oxygens (including phenoxy) is 1. The lowest BCUT2D eigenvalue weighted by molar-refractivity contribution is 0.00423. The number of hydrogen-bond acceptors (Lipinski definition) is 5. The lowest BCUT2D eigenvalue weighted by atomic mass is 10.1. The molecule has 1 aliphatic heterocycles. The first-order chi connectivity index (χ1) is 11.8. The summed E-state index contributed by atoms with van der Waals surface area (Å²) in [6.07, 6.45) is 0.335. The molecule has 0 radical (unpaired) electrons. The first kappa shape index (κ1) is 17.1. The monoisotopic (exact) mass is 347 g/mol. The van der Waals surface area contributed by atoms with Gasteiger partial charge >= 0.3 is 0 Å². The number of amides is 1. The first-order valence-corrected chi connectivity index (χ1v) is 7.83. The molecule has 1 atom stereocenters. The van der Waals surface area contributed by atoms with Gasteiger partial charge in [-0.3, -0.25) is 9.59 Å². The summed E-state index contributed by atoms with van der Waals surface area (Å²) in [6, 6.07) is 6.62. The van der Waals surface area contributed by atoms with Gasteiger partial charge in [-0.15, -0.1) is 0 Å². The van der Waals surface area contributed by atoms with Gasteiger partial charge in [0.05, 0.1) is 6.54 Å². The Bertz CT molecular complexity index is 837. The second-order valence-electron chi connectivity index (χ2n) is 6.16. The fraction of sp³-hybridized carbons (Fsp3) is 0.353. The highest BCUT2D eigenvalue weighted by molar-refractivity contribution is 5.92. The quantitative estimate of drug-likeness (QED) is 0.856. The van der Waals surface area contributed by atoms with E-state index in [0.29, 0.717) is 24.5 Å². The average molecular weight is 347 g/mol. The van der Waals surface area contributed by atoms with Crippen molar-refractivity contribution in [3.05, 3.63) is 58.0 Å². The maximum Gasteiger partial charge on any atom is 0.272 e. The van der Waals surface area contributed by atoms with Gasteiger partial charge in [0.1, 0.15) is 35.3 Å². The van der Waals surface area contributed by atoms with Gasteiger partial charge in [-0.05, 0) is 37.6 Å². The number of rotatable bonds is 4. The molecular formula is C17H18FN3O4. The minimum atomic E-state index is -1.21. The summed E-state index contributed by atoms with van der Waals surface area (Å²) in [5, 5.41) is 10.6. The van der Waals surface area contributed by atoms with E-state index < -0.39 is 17.1 Å². The molecule has 0 aliphatic carbocycles. The van der Waals surface area contributed by atoms with E-state index in [2.05, 4.69) is 9.97 Å². The number of likely N-dealkylation sites (tertiary alicyclic amines) is 1. The number of nitrogens with one attached hydrogen (secondary N) is 1. The first-order valence-electron chi connectivity index (χ1n) is 7.83. The van der Waals surface area contributed by atoms with Gasteiger partial charge in [-0.1, -0.05) is 0 Å². The van der Waals surface area contributed by atoms with E-state index in [1.807, 2.05) is 0 Å². The molecule has 1 fully saturated rings. The molecule has 2 aromatic rings. The normalized spacial score (nSPS) is 19.9. The summed E-state index contributed by atoms with van der Waals surface area (Å²) < 4.78 is 18.4. The number of aryl methyl sites for hydroxylation is 1. The van der Waals surface area contributed by atoms with Crippen LogP contribution in [0.4, 0.5) is 4.39 Å². The molecule has 1 saturated heterocycles. The van der Waals surface area contributed by atoms with Crippen molar-refractivity contribution in [1.29, 1.82) is 0 Å². The van der Waals surface area contributed by atoms with Crippen LogP contribution in [0.2, 0.25) is 0 Å². The molecule has 3 rings (SSSR count). The van der Waals surface area contributed by atoms with Crippen LogP contribution >= 0.6 is 0 Å². The van der Waals surface area contributed by atoms with Gasteiger partial charge in [0.15, 0.2) is 0 Å². The number of aliphatic hydroxyl groups is 1. The molecule has 7 nitrogen and oxygen atoms in total. The number of carbonyl (C=O) groups is 1. The van der Waals surface area contributed by atoms with Gasteiger partial charge in [-0.25, -0.2) is 9.37 Å². The Labute approximate surface area is 143 Å². The topological polar surface area (TPSA) is 95.5 Å². The Kier molecular flexibility index (Phi) is 4.54. The number of aromatic nitrogens is 2. The fourth-order valence-electron chi connectivity index (χ4n) is 2.75. The molecule has 0 saturated carbocycles. The zero-order chi connectivity index (χ0) is 18.0. The molecule has 1 aromatic carbocycles.